The van der Waals surface area contributed by atoms with E-state index < -0.39 is 0 Å². The van der Waals surface area contributed by atoms with Crippen molar-refractivity contribution in [2.45, 2.75) is 12.8 Å². The van der Waals surface area contributed by atoms with Gasteiger partial charge < -0.3 is 9.97 Å². The fraction of sp³-hybridized carbons (Fsp3) is 0.0870. The van der Waals surface area contributed by atoms with E-state index in [2.05, 4.69) is 21.0 Å². The van der Waals surface area contributed by atoms with Gasteiger partial charge >= 0.3 is 5.69 Å². The Morgan fingerprint density at radius 1 is 1.00 bits per heavy atom. The van der Waals surface area contributed by atoms with E-state index in [0.717, 1.165) is 44.6 Å². The van der Waals surface area contributed by atoms with Crippen LogP contribution in [0.15, 0.2) is 53.3 Å². The summed E-state index contributed by atoms with van der Waals surface area (Å²) in [5.74, 6) is -0.272. The molecule has 29 heavy (non-hydrogen) atoms. The van der Waals surface area contributed by atoms with Crippen LogP contribution in [0.3, 0.4) is 0 Å². The first-order chi connectivity index (χ1) is 14.1. The molecule has 0 fully saturated rings. The Morgan fingerprint density at radius 3 is 2.69 bits per heavy atom. The van der Waals surface area contributed by atoms with E-state index in [-0.39, 0.29) is 11.5 Å². The Morgan fingerprint density at radius 2 is 1.83 bits per heavy atom. The predicted molar refractivity (Wildman–Crippen MR) is 109 cm³/mol. The highest BCUT2D eigenvalue weighted by molar-refractivity contribution is 5.95. The Balaban J connectivity index is 1.75. The first-order valence-corrected chi connectivity index (χ1v) is 9.24. The fourth-order valence-corrected chi connectivity index (χ4v) is 3.89. The average molecular weight is 382 g/mol. The first-order valence-electron chi connectivity index (χ1n) is 9.24. The molecule has 0 amide bonds. The molecule has 0 saturated heterocycles. The number of H-pyrrole nitrogens is 2. The van der Waals surface area contributed by atoms with Crippen molar-refractivity contribution in [3.8, 4) is 6.07 Å². The van der Waals surface area contributed by atoms with E-state index >= 15 is 0 Å². The average Bonchev–Trinajstić information content (AvgIpc) is 3.02. The van der Waals surface area contributed by atoms with Crippen LogP contribution < -0.4 is 5.69 Å². The summed E-state index contributed by atoms with van der Waals surface area (Å²) in [5.41, 5.74) is 6.99. The van der Waals surface area contributed by atoms with Gasteiger partial charge in [0, 0.05) is 5.56 Å². The van der Waals surface area contributed by atoms with Gasteiger partial charge in [-0.15, -0.1) is 0 Å². The number of nitrogens with zero attached hydrogens (tertiary/aromatic N) is 2. The Kier molecular flexibility index (Phi) is 3.88. The van der Waals surface area contributed by atoms with Gasteiger partial charge in [0.2, 0.25) is 0 Å². The summed E-state index contributed by atoms with van der Waals surface area (Å²) in [4.78, 5) is 21.6. The van der Waals surface area contributed by atoms with Crippen molar-refractivity contribution < 1.29 is 4.39 Å². The van der Waals surface area contributed by atoms with Gasteiger partial charge in [0.05, 0.1) is 16.7 Å². The Bertz CT molecular complexity index is 1400. The lowest BCUT2D eigenvalue weighted by Gasteiger charge is -2.12. The predicted octanol–water partition coefficient (Wildman–Crippen LogP) is 3.95. The van der Waals surface area contributed by atoms with Gasteiger partial charge in [-0.2, -0.15) is 5.26 Å². The molecule has 0 atom stereocenters. The van der Waals surface area contributed by atoms with E-state index in [0.29, 0.717) is 18.5 Å². The number of rotatable bonds is 1. The molecule has 0 saturated carbocycles. The number of aromatic amines is 2. The highest BCUT2D eigenvalue weighted by Crippen LogP contribution is 2.35. The van der Waals surface area contributed by atoms with Crippen LogP contribution in [0, 0.1) is 17.1 Å². The van der Waals surface area contributed by atoms with E-state index in [4.69, 9.17) is 0 Å². The molecule has 140 valence electrons. The summed E-state index contributed by atoms with van der Waals surface area (Å²) in [5, 5.41) is 9.21. The number of benzene rings is 2. The van der Waals surface area contributed by atoms with Crippen LogP contribution in [-0.4, -0.2) is 15.0 Å². The number of hydrogen-bond acceptors (Lipinski definition) is 3. The van der Waals surface area contributed by atoms with Gasteiger partial charge in [0.15, 0.2) is 0 Å². The van der Waals surface area contributed by atoms with Crippen LogP contribution in [0.2, 0.25) is 0 Å². The first kappa shape index (κ1) is 17.1. The Hall–Kier alpha value is -3.98. The molecular formula is C23H15FN4O. The molecule has 5 rings (SSSR count). The van der Waals surface area contributed by atoms with Crippen molar-refractivity contribution in [3.05, 3.63) is 98.5 Å². The van der Waals surface area contributed by atoms with Crippen molar-refractivity contribution in [2.24, 2.45) is 0 Å². The number of nitriles is 1. The van der Waals surface area contributed by atoms with Crippen LogP contribution in [0.1, 0.15) is 33.6 Å². The summed E-state index contributed by atoms with van der Waals surface area (Å²) in [7, 11) is 0. The summed E-state index contributed by atoms with van der Waals surface area (Å²) >= 11 is 0. The molecule has 1 aliphatic rings. The largest absolute Gasteiger partial charge is 0.323 e. The van der Waals surface area contributed by atoms with E-state index in [1.54, 1.807) is 18.2 Å². The highest BCUT2D eigenvalue weighted by Gasteiger charge is 2.20. The zero-order valence-corrected chi connectivity index (χ0v) is 15.3. The van der Waals surface area contributed by atoms with Gasteiger partial charge in [-0.1, -0.05) is 12.1 Å². The van der Waals surface area contributed by atoms with Crippen molar-refractivity contribution in [2.75, 3.05) is 0 Å². The number of imidazole rings is 1. The topological polar surface area (TPSA) is 85.3 Å². The number of pyridine rings is 1. The molecule has 0 unspecified atom stereocenters. The lowest BCUT2D eigenvalue weighted by atomic mass is 9.93. The Labute approximate surface area is 165 Å². The molecule has 2 aromatic carbocycles. The number of aromatic nitrogens is 3. The molecule has 2 N–H and O–H groups in total. The van der Waals surface area contributed by atoms with Crippen LogP contribution in [0.4, 0.5) is 4.39 Å². The molecule has 0 bridgehead atoms. The maximum atomic E-state index is 13.9. The summed E-state index contributed by atoms with van der Waals surface area (Å²) in [6.45, 7) is 0. The van der Waals surface area contributed by atoms with Crippen LogP contribution in [0.25, 0.3) is 22.7 Å². The van der Waals surface area contributed by atoms with Crippen molar-refractivity contribution >= 4 is 22.7 Å². The molecule has 0 spiro atoms. The molecule has 6 heteroatoms. The van der Waals surface area contributed by atoms with Crippen molar-refractivity contribution in [3.63, 3.8) is 0 Å². The van der Waals surface area contributed by atoms with Gasteiger partial charge in [-0.05, 0) is 77.6 Å². The lowest BCUT2D eigenvalue weighted by Crippen LogP contribution is -1.99. The molecule has 2 aromatic heterocycles. The van der Waals surface area contributed by atoms with Gasteiger partial charge in [0.25, 0.3) is 0 Å². The molecule has 5 nitrogen and oxygen atoms in total. The zero-order valence-electron chi connectivity index (χ0n) is 15.3. The third-order valence-corrected chi connectivity index (χ3v) is 5.22. The second-order valence-corrected chi connectivity index (χ2v) is 7.05. The molecule has 0 aliphatic heterocycles. The molecule has 2 heterocycles. The van der Waals surface area contributed by atoms with Crippen LogP contribution in [-0.2, 0) is 12.8 Å². The molecule has 1 aliphatic carbocycles. The number of hydrogen-bond donors (Lipinski definition) is 2. The standard InChI is InChI=1S/C23H15FN4O/c24-15-3-5-17-14(11-15)2-8-20-18(6-4-16(12-25)26-20)19(17)9-13-1-7-21-22(10-13)28-23(29)27-21/h1,3-7,9-11H,2,8H2,(H2,27,28,29)/b19-9+. The number of nitrogens with one attached hydrogen (secondary N) is 2. The summed E-state index contributed by atoms with van der Waals surface area (Å²) < 4.78 is 13.9. The van der Waals surface area contributed by atoms with E-state index in [1.807, 2.05) is 30.3 Å². The maximum absolute atomic E-state index is 13.9. The van der Waals surface area contributed by atoms with E-state index in [1.165, 1.54) is 6.07 Å². The number of aryl methyl sites for hydroxylation is 2. The van der Waals surface area contributed by atoms with Gasteiger partial charge in [0.1, 0.15) is 17.6 Å². The third kappa shape index (κ3) is 3.03. The minimum atomic E-state index is -0.272. The smallest absolute Gasteiger partial charge is 0.306 e. The summed E-state index contributed by atoms with van der Waals surface area (Å²) in [6.07, 6.45) is 3.28. The lowest BCUT2D eigenvalue weighted by molar-refractivity contribution is 0.625. The van der Waals surface area contributed by atoms with Crippen LogP contribution >= 0.6 is 0 Å². The van der Waals surface area contributed by atoms with Gasteiger partial charge in [-0.25, -0.2) is 14.2 Å². The molecule has 0 radical (unpaired) electrons. The zero-order chi connectivity index (χ0) is 20.0. The quantitative estimate of drug-likeness (QED) is 0.523. The molecular weight excluding hydrogens is 367 g/mol. The van der Waals surface area contributed by atoms with Gasteiger partial charge in [-0.3, -0.25) is 0 Å². The number of fused-ring (bicyclic) bond motifs is 3. The highest BCUT2D eigenvalue weighted by atomic mass is 19.1. The normalized spacial score (nSPS) is 14.3. The van der Waals surface area contributed by atoms with Crippen LogP contribution in [0.5, 0.6) is 0 Å². The second-order valence-electron chi connectivity index (χ2n) is 7.05. The monoisotopic (exact) mass is 382 g/mol. The minimum Gasteiger partial charge on any atom is -0.306 e. The van der Waals surface area contributed by atoms with Crippen molar-refractivity contribution in [1.29, 1.82) is 5.26 Å². The maximum Gasteiger partial charge on any atom is 0.323 e. The van der Waals surface area contributed by atoms with E-state index in [9.17, 15) is 14.4 Å². The summed E-state index contributed by atoms with van der Waals surface area (Å²) in [6, 6.07) is 16.2. The SMILES string of the molecule is N#Cc1ccc2c(n1)CCc1cc(F)ccc1/C2=C\c1ccc2[nH]c(=O)[nH]c2c1. The third-order valence-electron chi connectivity index (χ3n) is 5.22. The minimum absolute atomic E-state index is 0.251. The fourth-order valence-electron chi connectivity index (χ4n) is 3.89. The van der Waals surface area contributed by atoms with Crippen molar-refractivity contribution in [1.82, 2.24) is 15.0 Å². The number of halogens is 1. The molecule has 4 aromatic rings. The second kappa shape index (κ2) is 6.57.